The molecule has 2 atom stereocenters. The summed E-state index contributed by atoms with van der Waals surface area (Å²) in [6.07, 6.45) is 4.12. The second-order valence-corrected chi connectivity index (χ2v) is 7.24. The van der Waals surface area contributed by atoms with Gasteiger partial charge in [-0.3, -0.25) is 9.48 Å². The fraction of sp³-hybridized carbons (Fsp3) is 0.389. The molecule has 0 radical (unpaired) electrons. The molecule has 0 bridgehead atoms. The third kappa shape index (κ3) is 3.89. The summed E-state index contributed by atoms with van der Waals surface area (Å²) >= 11 is 5.90. The lowest BCUT2D eigenvalue weighted by Gasteiger charge is -2.33. The summed E-state index contributed by atoms with van der Waals surface area (Å²) in [6.45, 7) is 0. The van der Waals surface area contributed by atoms with E-state index in [-0.39, 0.29) is 6.04 Å². The standard InChI is InChI=1S/C18H23ClN6O/c1-24(2)13-7-8-16(15(20)9-13)25-10-14(17(21)26)18(23-25)22-12-5-3-11(19)4-6-12/h3-6,10,13,16,20H,7-9H2,1-2H3,(H2,21,26)(H,22,23)/t13-,16+/m1/s1. The molecule has 1 aromatic heterocycles. The van der Waals surface area contributed by atoms with E-state index in [1.807, 2.05) is 14.1 Å². The van der Waals surface area contributed by atoms with E-state index in [0.717, 1.165) is 18.5 Å². The highest BCUT2D eigenvalue weighted by molar-refractivity contribution is 6.30. The minimum Gasteiger partial charge on any atom is -0.365 e. The molecule has 8 heteroatoms. The molecule has 7 nitrogen and oxygen atoms in total. The second kappa shape index (κ2) is 7.47. The van der Waals surface area contributed by atoms with Gasteiger partial charge in [-0.25, -0.2) is 0 Å². The maximum Gasteiger partial charge on any atom is 0.254 e. The summed E-state index contributed by atoms with van der Waals surface area (Å²) in [5.41, 5.74) is 7.20. The Morgan fingerprint density at radius 1 is 1.35 bits per heavy atom. The summed E-state index contributed by atoms with van der Waals surface area (Å²) < 4.78 is 1.69. The highest BCUT2D eigenvalue weighted by Crippen LogP contribution is 2.30. The van der Waals surface area contributed by atoms with Crippen molar-refractivity contribution in [1.29, 1.82) is 5.41 Å². The largest absolute Gasteiger partial charge is 0.365 e. The van der Waals surface area contributed by atoms with Gasteiger partial charge in [-0.15, -0.1) is 0 Å². The summed E-state index contributed by atoms with van der Waals surface area (Å²) in [5.74, 6) is -0.163. The van der Waals surface area contributed by atoms with Crippen LogP contribution in [0.25, 0.3) is 0 Å². The molecule has 0 unspecified atom stereocenters. The minimum absolute atomic E-state index is 0.148. The first-order valence-electron chi connectivity index (χ1n) is 8.50. The van der Waals surface area contributed by atoms with Gasteiger partial charge in [0.05, 0.1) is 6.04 Å². The number of nitrogens with two attached hydrogens (primary N) is 1. The molecule has 1 aliphatic rings. The average Bonchev–Trinajstić information content (AvgIpc) is 3.00. The normalized spacial score (nSPS) is 20.4. The highest BCUT2D eigenvalue weighted by atomic mass is 35.5. The predicted molar refractivity (Wildman–Crippen MR) is 104 cm³/mol. The Balaban J connectivity index is 1.84. The van der Waals surface area contributed by atoms with Crippen molar-refractivity contribution in [3.05, 3.63) is 41.0 Å². The molecule has 0 aliphatic heterocycles. The van der Waals surface area contributed by atoms with Crippen molar-refractivity contribution in [2.45, 2.75) is 31.3 Å². The lowest BCUT2D eigenvalue weighted by Crippen LogP contribution is -2.38. The molecule has 1 fully saturated rings. The second-order valence-electron chi connectivity index (χ2n) is 6.81. The summed E-state index contributed by atoms with van der Waals surface area (Å²) in [5, 5.41) is 16.7. The van der Waals surface area contributed by atoms with E-state index in [1.54, 1.807) is 35.1 Å². The number of benzene rings is 1. The summed E-state index contributed by atoms with van der Waals surface area (Å²) in [6, 6.07) is 7.33. The number of hydrogen-bond donors (Lipinski definition) is 3. The molecule has 2 aromatic rings. The highest BCUT2D eigenvalue weighted by Gasteiger charge is 2.30. The monoisotopic (exact) mass is 374 g/mol. The molecule has 0 spiro atoms. The smallest absolute Gasteiger partial charge is 0.254 e. The molecule has 138 valence electrons. The number of anilines is 2. The van der Waals surface area contributed by atoms with Crippen molar-refractivity contribution in [1.82, 2.24) is 14.7 Å². The topological polar surface area (TPSA) is 100 Å². The fourth-order valence-electron chi connectivity index (χ4n) is 3.24. The van der Waals surface area contributed by atoms with E-state index in [9.17, 15) is 4.79 Å². The lowest BCUT2D eigenvalue weighted by molar-refractivity contribution is 0.100. The van der Waals surface area contributed by atoms with Crippen molar-refractivity contribution >= 4 is 34.7 Å². The quantitative estimate of drug-likeness (QED) is 0.748. The van der Waals surface area contributed by atoms with Crippen LogP contribution < -0.4 is 11.1 Å². The first-order chi connectivity index (χ1) is 12.3. The molecular formula is C18H23ClN6O. The number of carbonyl (C=O) groups excluding carboxylic acids is 1. The Morgan fingerprint density at radius 2 is 2.04 bits per heavy atom. The fourth-order valence-corrected chi connectivity index (χ4v) is 3.37. The number of nitrogens with one attached hydrogen (secondary N) is 2. The van der Waals surface area contributed by atoms with Gasteiger partial charge < -0.3 is 21.4 Å². The number of carbonyl (C=O) groups is 1. The summed E-state index contributed by atoms with van der Waals surface area (Å²) in [4.78, 5) is 14.0. The first kappa shape index (κ1) is 18.4. The molecule has 1 aliphatic carbocycles. The maximum atomic E-state index is 11.8. The zero-order valence-corrected chi connectivity index (χ0v) is 15.6. The molecule has 26 heavy (non-hydrogen) atoms. The van der Waals surface area contributed by atoms with Gasteiger partial charge in [-0.05, 0) is 51.2 Å². The number of primary amides is 1. The van der Waals surface area contributed by atoms with Gasteiger partial charge in [0.15, 0.2) is 5.82 Å². The van der Waals surface area contributed by atoms with E-state index in [4.69, 9.17) is 22.7 Å². The number of hydrogen-bond acceptors (Lipinski definition) is 5. The van der Waals surface area contributed by atoms with E-state index in [1.165, 1.54) is 0 Å². The number of rotatable bonds is 5. The Morgan fingerprint density at radius 3 is 2.62 bits per heavy atom. The number of nitrogens with zero attached hydrogens (tertiary/aromatic N) is 3. The van der Waals surface area contributed by atoms with Crippen molar-refractivity contribution in [3.63, 3.8) is 0 Å². The van der Waals surface area contributed by atoms with Crippen LogP contribution in [0.1, 0.15) is 35.7 Å². The van der Waals surface area contributed by atoms with Gasteiger partial charge in [-0.2, -0.15) is 5.10 Å². The third-order valence-corrected chi connectivity index (χ3v) is 5.04. The number of aromatic nitrogens is 2. The van der Waals surface area contributed by atoms with Crippen LogP contribution in [0.2, 0.25) is 5.02 Å². The van der Waals surface area contributed by atoms with Gasteiger partial charge in [0.1, 0.15) is 5.56 Å². The van der Waals surface area contributed by atoms with Crippen molar-refractivity contribution in [2.75, 3.05) is 19.4 Å². The van der Waals surface area contributed by atoms with Crippen LogP contribution in [0, 0.1) is 5.41 Å². The molecule has 0 saturated heterocycles. The minimum atomic E-state index is -0.554. The zero-order valence-electron chi connectivity index (χ0n) is 14.9. The Labute approximate surface area is 157 Å². The number of amides is 1. The Hall–Kier alpha value is -2.38. The van der Waals surface area contributed by atoms with Crippen LogP contribution in [0.3, 0.4) is 0 Å². The van der Waals surface area contributed by atoms with Gasteiger partial charge in [0, 0.05) is 35.1 Å². The molecule has 1 amide bonds. The Bertz CT molecular complexity index is 814. The van der Waals surface area contributed by atoms with E-state index >= 15 is 0 Å². The number of halogens is 1. The molecule has 4 N–H and O–H groups in total. The van der Waals surface area contributed by atoms with E-state index < -0.39 is 5.91 Å². The van der Waals surface area contributed by atoms with Crippen LogP contribution in [-0.4, -0.2) is 46.4 Å². The van der Waals surface area contributed by atoms with Gasteiger partial charge in [0.2, 0.25) is 0 Å². The van der Waals surface area contributed by atoms with Crippen LogP contribution >= 0.6 is 11.6 Å². The molecular weight excluding hydrogens is 352 g/mol. The zero-order chi connectivity index (χ0) is 18.8. The maximum absolute atomic E-state index is 11.8. The van der Waals surface area contributed by atoms with Gasteiger partial charge in [0.25, 0.3) is 5.91 Å². The van der Waals surface area contributed by atoms with Crippen molar-refractivity contribution in [3.8, 4) is 0 Å². The van der Waals surface area contributed by atoms with Crippen LogP contribution in [0.15, 0.2) is 30.5 Å². The lowest BCUT2D eigenvalue weighted by atomic mass is 9.89. The van der Waals surface area contributed by atoms with Crippen LogP contribution in [-0.2, 0) is 0 Å². The van der Waals surface area contributed by atoms with Crippen molar-refractivity contribution < 1.29 is 4.79 Å². The summed E-state index contributed by atoms with van der Waals surface area (Å²) in [7, 11) is 4.07. The third-order valence-electron chi connectivity index (χ3n) is 4.79. The molecule has 1 saturated carbocycles. The SMILES string of the molecule is CN(C)[C@@H]1CC[C@H](n2cc(C(N)=O)c(Nc3ccc(Cl)cc3)n2)C(=N)C1. The Kier molecular flexibility index (Phi) is 5.29. The molecule has 1 heterocycles. The van der Waals surface area contributed by atoms with E-state index in [2.05, 4.69) is 15.3 Å². The molecule has 1 aromatic carbocycles. The van der Waals surface area contributed by atoms with Crippen LogP contribution in [0.5, 0.6) is 0 Å². The van der Waals surface area contributed by atoms with Gasteiger partial charge >= 0.3 is 0 Å². The average molecular weight is 375 g/mol. The molecule has 3 rings (SSSR count). The van der Waals surface area contributed by atoms with E-state index in [0.29, 0.717) is 34.6 Å². The predicted octanol–water partition coefficient (Wildman–Crippen LogP) is 3.05. The first-order valence-corrected chi connectivity index (χ1v) is 8.88. The van der Waals surface area contributed by atoms with Crippen molar-refractivity contribution in [2.24, 2.45) is 5.73 Å². The van der Waals surface area contributed by atoms with Gasteiger partial charge in [-0.1, -0.05) is 11.6 Å². The van der Waals surface area contributed by atoms with Crippen LogP contribution in [0.4, 0.5) is 11.5 Å².